The van der Waals surface area contributed by atoms with Crippen LogP contribution in [0.5, 0.6) is 0 Å². The zero-order valence-corrected chi connectivity index (χ0v) is 14.7. The third-order valence-corrected chi connectivity index (χ3v) is 5.35. The Morgan fingerprint density at radius 3 is 2.88 bits per heavy atom. The largest absolute Gasteiger partial charge is 0.292 e. The molecule has 26 heavy (non-hydrogen) atoms. The summed E-state index contributed by atoms with van der Waals surface area (Å²) < 4.78 is 0. The van der Waals surface area contributed by atoms with Gasteiger partial charge in [0.2, 0.25) is 0 Å². The molecule has 4 rings (SSSR count). The number of nitrogens with zero attached hydrogens (tertiary/aromatic N) is 3. The van der Waals surface area contributed by atoms with E-state index >= 15 is 0 Å². The van der Waals surface area contributed by atoms with Crippen LogP contribution in [0.15, 0.2) is 54.2 Å². The molecule has 0 N–H and O–H groups in total. The number of benzene rings is 1. The van der Waals surface area contributed by atoms with Gasteiger partial charge in [-0.3, -0.25) is 9.78 Å². The minimum Gasteiger partial charge on any atom is -0.292 e. The molecule has 2 heterocycles. The number of hydrogen-bond acceptors (Lipinski definition) is 5. The summed E-state index contributed by atoms with van der Waals surface area (Å²) in [6.45, 7) is 0. The van der Waals surface area contributed by atoms with Crippen molar-refractivity contribution in [3.63, 3.8) is 0 Å². The number of Topliss-reactive ketones (excluding diaryl/α,β-unsaturated/α-hetero) is 1. The number of hydrogen-bond donors (Lipinski definition) is 0. The van der Waals surface area contributed by atoms with Crippen molar-refractivity contribution in [2.45, 2.75) is 18.8 Å². The Morgan fingerprint density at radius 2 is 2.08 bits per heavy atom. The second-order valence-corrected chi connectivity index (χ2v) is 6.98. The van der Waals surface area contributed by atoms with Gasteiger partial charge >= 0.3 is 0 Å². The summed E-state index contributed by atoms with van der Waals surface area (Å²) in [6.07, 6.45) is 9.52. The molecule has 0 radical (unpaired) electrons. The number of ketones is 1. The Balaban J connectivity index is 1.64. The molecular formula is C21H15N3OS. The molecule has 0 bridgehead atoms. The number of thiazole rings is 1. The number of fused-ring (bicyclic) bond motifs is 1. The Labute approximate surface area is 155 Å². The maximum Gasteiger partial charge on any atom is 0.186 e. The minimum absolute atomic E-state index is 0.194. The first-order valence-electron chi connectivity index (χ1n) is 8.35. The van der Waals surface area contributed by atoms with Crippen molar-refractivity contribution in [3.05, 3.63) is 75.9 Å². The molecule has 1 unspecified atom stereocenters. The van der Waals surface area contributed by atoms with Gasteiger partial charge in [0.05, 0.1) is 11.8 Å². The first kappa shape index (κ1) is 16.4. The maximum absolute atomic E-state index is 12.9. The van der Waals surface area contributed by atoms with Gasteiger partial charge in [0.25, 0.3) is 0 Å². The second-order valence-electron chi connectivity index (χ2n) is 6.09. The van der Waals surface area contributed by atoms with E-state index in [1.165, 1.54) is 11.3 Å². The molecule has 0 fully saturated rings. The van der Waals surface area contributed by atoms with Gasteiger partial charge in [0, 0.05) is 28.9 Å². The highest BCUT2D eigenvalue weighted by atomic mass is 32.1. The maximum atomic E-state index is 12.9. The Kier molecular flexibility index (Phi) is 4.42. The molecule has 0 amide bonds. The van der Waals surface area contributed by atoms with E-state index in [9.17, 15) is 10.1 Å². The lowest BCUT2D eigenvalue weighted by Crippen LogP contribution is -2.12. The zero-order valence-electron chi connectivity index (χ0n) is 13.9. The summed E-state index contributed by atoms with van der Waals surface area (Å²) in [6, 6.07) is 11.5. The minimum atomic E-state index is -0.882. The summed E-state index contributed by atoms with van der Waals surface area (Å²) in [4.78, 5) is 21.4. The van der Waals surface area contributed by atoms with Crippen LogP contribution in [0.2, 0.25) is 0 Å². The number of carbonyl (C=O) groups excluding carboxylic acids is 1. The monoisotopic (exact) mass is 357 g/mol. The van der Waals surface area contributed by atoms with E-state index < -0.39 is 5.92 Å². The number of allylic oxidation sites excluding steroid dienone is 1. The molecule has 0 saturated carbocycles. The van der Waals surface area contributed by atoms with Gasteiger partial charge in [-0.25, -0.2) is 4.98 Å². The van der Waals surface area contributed by atoms with Crippen molar-refractivity contribution in [3.8, 4) is 17.3 Å². The van der Waals surface area contributed by atoms with Crippen molar-refractivity contribution < 1.29 is 4.79 Å². The Hall–Kier alpha value is -3.10. The topological polar surface area (TPSA) is 66.6 Å². The molecule has 1 aliphatic rings. The zero-order chi connectivity index (χ0) is 17.9. The van der Waals surface area contributed by atoms with E-state index in [1.54, 1.807) is 18.5 Å². The number of aromatic nitrogens is 2. The highest BCUT2D eigenvalue weighted by Gasteiger charge is 2.25. The molecule has 3 aromatic rings. The molecule has 1 aliphatic carbocycles. The predicted molar refractivity (Wildman–Crippen MR) is 102 cm³/mol. The van der Waals surface area contributed by atoms with Crippen LogP contribution < -0.4 is 0 Å². The summed E-state index contributed by atoms with van der Waals surface area (Å²) in [5.74, 6) is -1.08. The number of rotatable bonds is 4. The fourth-order valence-electron chi connectivity index (χ4n) is 3.06. The van der Waals surface area contributed by atoms with Crippen LogP contribution in [-0.4, -0.2) is 15.8 Å². The highest BCUT2D eigenvalue weighted by molar-refractivity contribution is 7.10. The Bertz CT molecular complexity index is 1030. The summed E-state index contributed by atoms with van der Waals surface area (Å²) in [5.41, 5.74) is 4.57. The molecule has 126 valence electrons. The van der Waals surface area contributed by atoms with Gasteiger partial charge in [-0.1, -0.05) is 24.3 Å². The second kappa shape index (κ2) is 7.03. The van der Waals surface area contributed by atoms with Crippen LogP contribution in [0.3, 0.4) is 0 Å². The number of carbonyl (C=O) groups is 1. The Morgan fingerprint density at radius 1 is 1.23 bits per heavy atom. The SMILES string of the molecule is N#CC(C(=O)c1ccc2c(c1)CCC=C2)c1nc(-c2ccncc2)cs1. The van der Waals surface area contributed by atoms with Crippen LogP contribution in [0, 0.1) is 11.3 Å². The average Bonchev–Trinajstić information content (AvgIpc) is 3.18. The number of nitriles is 1. The van der Waals surface area contributed by atoms with Gasteiger partial charge in [0.15, 0.2) is 11.7 Å². The molecule has 4 nitrogen and oxygen atoms in total. The molecule has 1 atom stereocenters. The highest BCUT2D eigenvalue weighted by Crippen LogP contribution is 2.29. The number of pyridine rings is 1. The van der Waals surface area contributed by atoms with Gasteiger partial charge in [-0.2, -0.15) is 5.26 Å². The predicted octanol–water partition coefficient (Wildman–Crippen LogP) is 4.65. The lowest BCUT2D eigenvalue weighted by Gasteiger charge is -2.12. The van der Waals surface area contributed by atoms with Crippen LogP contribution >= 0.6 is 11.3 Å². The third-order valence-electron chi connectivity index (χ3n) is 4.44. The van der Waals surface area contributed by atoms with Crippen molar-refractivity contribution >= 4 is 23.2 Å². The van der Waals surface area contributed by atoms with Crippen LogP contribution in [0.25, 0.3) is 17.3 Å². The van der Waals surface area contributed by atoms with Crippen LogP contribution in [0.1, 0.15) is 38.8 Å². The van der Waals surface area contributed by atoms with Crippen molar-refractivity contribution in [1.82, 2.24) is 9.97 Å². The number of aryl methyl sites for hydroxylation is 1. The first-order chi connectivity index (χ1) is 12.8. The molecule has 1 aromatic carbocycles. The van der Waals surface area contributed by atoms with E-state index in [4.69, 9.17) is 0 Å². The molecule has 0 saturated heterocycles. The lowest BCUT2D eigenvalue weighted by atomic mass is 9.91. The van der Waals surface area contributed by atoms with Crippen LogP contribution in [0.4, 0.5) is 0 Å². The van der Waals surface area contributed by atoms with Gasteiger partial charge in [-0.05, 0) is 42.2 Å². The van der Waals surface area contributed by atoms with Crippen molar-refractivity contribution in [2.75, 3.05) is 0 Å². The quantitative estimate of drug-likeness (QED) is 0.637. The lowest BCUT2D eigenvalue weighted by molar-refractivity contribution is 0.0978. The molecule has 5 heteroatoms. The van der Waals surface area contributed by atoms with Crippen molar-refractivity contribution in [2.24, 2.45) is 0 Å². The van der Waals surface area contributed by atoms with Crippen molar-refractivity contribution in [1.29, 1.82) is 5.26 Å². The molecule has 0 spiro atoms. The van der Waals surface area contributed by atoms with E-state index in [1.807, 2.05) is 29.6 Å². The molecular weight excluding hydrogens is 342 g/mol. The van der Waals surface area contributed by atoms with E-state index in [-0.39, 0.29) is 5.78 Å². The summed E-state index contributed by atoms with van der Waals surface area (Å²) in [7, 11) is 0. The van der Waals surface area contributed by atoms with E-state index in [0.717, 1.165) is 35.2 Å². The fraction of sp³-hybridized carbons (Fsp3) is 0.143. The first-order valence-corrected chi connectivity index (χ1v) is 9.23. The van der Waals surface area contributed by atoms with Gasteiger partial charge < -0.3 is 0 Å². The normalized spacial score (nSPS) is 13.7. The standard InChI is InChI=1S/C21H15N3OS/c22-12-18(21-24-19(13-26-21)15-7-9-23-10-8-15)20(25)17-6-5-14-3-1-2-4-16(14)11-17/h1,3,5-11,13,18H,2,4H2. The smallest absolute Gasteiger partial charge is 0.186 e. The average molecular weight is 357 g/mol. The molecule has 0 aliphatic heterocycles. The van der Waals surface area contributed by atoms with Crippen LogP contribution in [-0.2, 0) is 6.42 Å². The fourth-order valence-corrected chi connectivity index (χ4v) is 3.92. The molecule has 2 aromatic heterocycles. The third kappa shape index (κ3) is 3.07. The van der Waals surface area contributed by atoms with E-state index in [0.29, 0.717) is 10.6 Å². The summed E-state index contributed by atoms with van der Waals surface area (Å²) in [5, 5.41) is 12.0. The van der Waals surface area contributed by atoms with E-state index in [2.05, 4.69) is 28.2 Å². The van der Waals surface area contributed by atoms with Gasteiger partial charge in [-0.15, -0.1) is 11.3 Å². The van der Waals surface area contributed by atoms with Gasteiger partial charge in [0.1, 0.15) is 5.01 Å². The summed E-state index contributed by atoms with van der Waals surface area (Å²) >= 11 is 1.34.